The van der Waals surface area contributed by atoms with Crippen LogP contribution in [0, 0.1) is 0 Å². The van der Waals surface area contributed by atoms with Gasteiger partial charge < -0.3 is 20.1 Å². The van der Waals surface area contributed by atoms with Crippen molar-refractivity contribution >= 4 is 29.4 Å². The fraction of sp³-hybridized carbons (Fsp3) is 0.250. The number of amides is 1. The number of carbonyl (C=O) groups is 1. The summed E-state index contributed by atoms with van der Waals surface area (Å²) < 4.78 is 10.6. The SMILES string of the molecule is CCc1ccc(N[C@@H]2NC(=O)/C(=C/c3ccc(OC)c(OC)c3)S2)cc1. The minimum absolute atomic E-state index is 0.0903. The number of thioether (sulfide) groups is 1. The van der Waals surface area contributed by atoms with Crippen LogP contribution >= 0.6 is 11.8 Å². The van der Waals surface area contributed by atoms with Gasteiger partial charge in [0.1, 0.15) is 0 Å². The van der Waals surface area contributed by atoms with Crippen LogP contribution in [0.5, 0.6) is 11.5 Å². The van der Waals surface area contributed by atoms with Gasteiger partial charge in [0.25, 0.3) is 5.91 Å². The molecule has 6 heteroatoms. The topological polar surface area (TPSA) is 59.6 Å². The molecular formula is C20H22N2O3S. The molecule has 2 aromatic rings. The molecule has 0 aromatic heterocycles. The third-order valence-corrected chi connectivity index (χ3v) is 5.12. The first-order chi connectivity index (χ1) is 12.6. The van der Waals surface area contributed by atoms with Gasteiger partial charge >= 0.3 is 0 Å². The van der Waals surface area contributed by atoms with E-state index in [1.165, 1.54) is 17.3 Å². The van der Waals surface area contributed by atoms with Crippen molar-refractivity contribution in [2.24, 2.45) is 0 Å². The first-order valence-corrected chi connectivity index (χ1v) is 9.27. The summed E-state index contributed by atoms with van der Waals surface area (Å²) in [4.78, 5) is 12.9. The second-order valence-corrected chi connectivity index (χ2v) is 6.94. The monoisotopic (exact) mass is 370 g/mol. The summed E-state index contributed by atoms with van der Waals surface area (Å²) >= 11 is 1.46. The molecule has 0 aliphatic carbocycles. The Morgan fingerprint density at radius 1 is 1.12 bits per heavy atom. The van der Waals surface area contributed by atoms with Gasteiger partial charge in [-0.1, -0.05) is 36.9 Å². The molecule has 0 unspecified atom stereocenters. The van der Waals surface area contributed by atoms with Crippen molar-refractivity contribution in [1.29, 1.82) is 0 Å². The second kappa shape index (κ2) is 8.19. The Labute approximate surface area is 157 Å². The van der Waals surface area contributed by atoms with Crippen LogP contribution in [0.2, 0.25) is 0 Å². The molecule has 1 saturated heterocycles. The number of aryl methyl sites for hydroxylation is 1. The number of benzene rings is 2. The van der Waals surface area contributed by atoms with Crippen LogP contribution in [0.1, 0.15) is 18.1 Å². The summed E-state index contributed by atoms with van der Waals surface area (Å²) in [5, 5.41) is 6.27. The van der Waals surface area contributed by atoms with Gasteiger partial charge in [0.15, 0.2) is 17.0 Å². The zero-order valence-corrected chi connectivity index (χ0v) is 15.9. The Hall–Kier alpha value is -2.60. The Morgan fingerprint density at radius 2 is 1.85 bits per heavy atom. The molecule has 5 nitrogen and oxygen atoms in total. The molecule has 1 fully saturated rings. The average molecular weight is 370 g/mol. The van der Waals surface area contributed by atoms with E-state index >= 15 is 0 Å². The lowest BCUT2D eigenvalue weighted by Gasteiger charge is -2.12. The quantitative estimate of drug-likeness (QED) is 0.756. The molecule has 1 aliphatic rings. The Kier molecular flexibility index (Phi) is 5.73. The maximum atomic E-state index is 12.3. The van der Waals surface area contributed by atoms with Gasteiger partial charge in [-0.3, -0.25) is 4.79 Å². The summed E-state index contributed by atoms with van der Waals surface area (Å²) in [7, 11) is 3.19. The van der Waals surface area contributed by atoms with E-state index in [1.807, 2.05) is 36.4 Å². The number of hydrogen-bond acceptors (Lipinski definition) is 5. The first-order valence-electron chi connectivity index (χ1n) is 8.39. The average Bonchev–Trinajstić information content (AvgIpc) is 3.01. The number of carbonyl (C=O) groups excluding carboxylic acids is 1. The third-order valence-electron chi connectivity index (χ3n) is 4.10. The van der Waals surface area contributed by atoms with Crippen LogP contribution in [-0.2, 0) is 11.2 Å². The van der Waals surface area contributed by atoms with Gasteiger partial charge in [-0.25, -0.2) is 0 Å². The highest BCUT2D eigenvalue weighted by atomic mass is 32.2. The van der Waals surface area contributed by atoms with E-state index < -0.39 is 0 Å². The molecule has 0 bridgehead atoms. The highest BCUT2D eigenvalue weighted by molar-refractivity contribution is 8.05. The predicted molar refractivity (Wildman–Crippen MR) is 106 cm³/mol. The number of hydrogen-bond donors (Lipinski definition) is 2. The van der Waals surface area contributed by atoms with E-state index in [9.17, 15) is 4.79 Å². The molecule has 1 amide bonds. The van der Waals surface area contributed by atoms with Crippen LogP contribution in [0.3, 0.4) is 0 Å². The standard InChI is InChI=1S/C20H22N2O3S/c1-4-13-5-8-15(9-6-13)21-20-22-19(23)18(26-20)12-14-7-10-16(24-2)17(11-14)25-3/h5-12,20-21H,4H2,1-3H3,(H,22,23)/b18-12-/t20-/m1/s1. The Balaban J connectivity index is 1.71. The summed E-state index contributed by atoms with van der Waals surface area (Å²) in [6.45, 7) is 2.13. The number of methoxy groups -OCH3 is 2. The molecule has 3 rings (SSSR count). The maximum absolute atomic E-state index is 12.3. The summed E-state index contributed by atoms with van der Waals surface area (Å²) in [5.74, 6) is 1.21. The molecule has 0 spiro atoms. The Bertz CT molecular complexity index is 818. The van der Waals surface area contributed by atoms with Crippen molar-refractivity contribution in [3.05, 3.63) is 58.5 Å². The van der Waals surface area contributed by atoms with E-state index in [0.29, 0.717) is 16.4 Å². The fourth-order valence-electron chi connectivity index (χ4n) is 2.65. The smallest absolute Gasteiger partial charge is 0.260 e. The molecule has 0 saturated carbocycles. The van der Waals surface area contributed by atoms with E-state index in [4.69, 9.17) is 9.47 Å². The normalized spacial score (nSPS) is 17.9. The lowest BCUT2D eigenvalue weighted by Crippen LogP contribution is -2.30. The minimum Gasteiger partial charge on any atom is -0.493 e. The lowest BCUT2D eigenvalue weighted by molar-refractivity contribution is -0.116. The van der Waals surface area contributed by atoms with E-state index in [-0.39, 0.29) is 11.4 Å². The van der Waals surface area contributed by atoms with Crippen molar-refractivity contribution in [2.75, 3.05) is 19.5 Å². The summed E-state index contributed by atoms with van der Waals surface area (Å²) in [6, 6.07) is 13.8. The molecular weight excluding hydrogens is 348 g/mol. The van der Waals surface area contributed by atoms with Crippen LogP contribution in [-0.4, -0.2) is 25.6 Å². The van der Waals surface area contributed by atoms with E-state index in [0.717, 1.165) is 17.7 Å². The summed E-state index contributed by atoms with van der Waals surface area (Å²) in [5.41, 5.74) is 2.95. The molecule has 1 atom stereocenters. The number of ether oxygens (including phenoxy) is 2. The van der Waals surface area contributed by atoms with Gasteiger partial charge in [-0.2, -0.15) is 0 Å². The highest BCUT2D eigenvalue weighted by Crippen LogP contribution is 2.33. The van der Waals surface area contributed by atoms with Crippen molar-refractivity contribution in [3.8, 4) is 11.5 Å². The molecule has 1 aliphatic heterocycles. The van der Waals surface area contributed by atoms with Gasteiger partial charge in [0, 0.05) is 5.69 Å². The molecule has 2 aromatic carbocycles. The van der Waals surface area contributed by atoms with Gasteiger partial charge in [-0.05, 0) is 47.9 Å². The molecule has 136 valence electrons. The summed E-state index contributed by atoms with van der Waals surface area (Å²) in [6.07, 6.45) is 2.86. The van der Waals surface area contributed by atoms with Crippen molar-refractivity contribution in [2.45, 2.75) is 18.8 Å². The zero-order chi connectivity index (χ0) is 18.5. The maximum Gasteiger partial charge on any atom is 0.260 e. The third kappa shape index (κ3) is 4.14. The van der Waals surface area contributed by atoms with E-state index in [1.54, 1.807) is 14.2 Å². The fourth-order valence-corrected chi connectivity index (χ4v) is 3.63. The minimum atomic E-state index is -0.193. The lowest BCUT2D eigenvalue weighted by atomic mass is 10.1. The number of nitrogens with one attached hydrogen (secondary N) is 2. The van der Waals surface area contributed by atoms with Crippen LogP contribution in [0.4, 0.5) is 5.69 Å². The van der Waals surface area contributed by atoms with Crippen molar-refractivity contribution in [3.63, 3.8) is 0 Å². The molecule has 1 heterocycles. The largest absolute Gasteiger partial charge is 0.493 e. The van der Waals surface area contributed by atoms with E-state index in [2.05, 4.69) is 29.7 Å². The first kappa shape index (κ1) is 18.2. The van der Waals surface area contributed by atoms with Gasteiger partial charge in [0.2, 0.25) is 0 Å². The van der Waals surface area contributed by atoms with Gasteiger partial charge in [0.05, 0.1) is 19.1 Å². The van der Waals surface area contributed by atoms with Crippen LogP contribution in [0.15, 0.2) is 47.4 Å². The zero-order valence-electron chi connectivity index (χ0n) is 15.0. The Morgan fingerprint density at radius 3 is 2.50 bits per heavy atom. The van der Waals surface area contributed by atoms with Crippen molar-refractivity contribution < 1.29 is 14.3 Å². The number of rotatable bonds is 6. The number of anilines is 1. The van der Waals surface area contributed by atoms with Crippen molar-refractivity contribution in [1.82, 2.24) is 5.32 Å². The predicted octanol–water partition coefficient (Wildman–Crippen LogP) is 3.87. The highest BCUT2D eigenvalue weighted by Gasteiger charge is 2.27. The molecule has 2 N–H and O–H groups in total. The van der Waals surface area contributed by atoms with Crippen LogP contribution < -0.4 is 20.1 Å². The second-order valence-electron chi connectivity index (χ2n) is 5.79. The molecule has 26 heavy (non-hydrogen) atoms. The molecule has 0 radical (unpaired) electrons. The van der Waals surface area contributed by atoms with Crippen LogP contribution in [0.25, 0.3) is 6.08 Å². The van der Waals surface area contributed by atoms with Gasteiger partial charge in [-0.15, -0.1) is 0 Å².